The summed E-state index contributed by atoms with van der Waals surface area (Å²) in [6.45, 7) is 6.96. The third-order valence-electron chi connectivity index (χ3n) is 3.81. The molecule has 0 aliphatic rings. The molecule has 5 heteroatoms. The van der Waals surface area contributed by atoms with Gasteiger partial charge in [-0.15, -0.1) is 0 Å². The van der Waals surface area contributed by atoms with Crippen LogP contribution in [-0.2, 0) is 15.0 Å². The summed E-state index contributed by atoms with van der Waals surface area (Å²) in [6.07, 6.45) is 1.05. The van der Waals surface area contributed by atoms with Crippen LogP contribution in [0.3, 0.4) is 0 Å². The minimum absolute atomic E-state index is 0.314. The van der Waals surface area contributed by atoms with Gasteiger partial charge < -0.3 is 16.2 Å². The van der Waals surface area contributed by atoms with Crippen LogP contribution in [0.5, 0.6) is 0 Å². The predicted molar refractivity (Wildman–Crippen MR) is 83.0 cm³/mol. The maximum Gasteiger partial charge on any atom is 0.329 e. The first kappa shape index (κ1) is 17.0. The quantitative estimate of drug-likeness (QED) is 0.701. The van der Waals surface area contributed by atoms with Crippen LogP contribution in [0.25, 0.3) is 0 Å². The lowest BCUT2D eigenvalue weighted by Gasteiger charge is -2.32. The van der Waals surface area contributed by atoms with Crippen molar-refractivity contribution in [3.63, 3.8) is 0 Å². The molecule has 1 rings (SSSR count). The third-order valence-corrected chi connectivity index (χ3v) is 3.81. The van der Waals surface area contributed by atoms with Gasteiger partial charge in [0.2, 0.25) is 5.91 Å². The average molecular weight is 292 g/mol. The first-order valence-corrected chi connectivity index (χ1v) is 7.05. The van der Waals surface area contributed by atoms with E-state index in [-0.39, 0.29) is 5.91 Å². The summed E-state index contributed by atoms with van der Waals surface area (Å²) < 4.78 is 0. The van der Waals surface area contributed by atoms with E-state index in [1.807, 2.05) is 6.92 Å². The Morgan fingerprint density at radius 3 is 2.14 bits per heavy atom. The predicted octanol–water partition coefficient (Wildman–Crippen LogP) is 2.31. The molecule has 0 saturated carbocycles. The fourth-order valence-corrected chi connectivity index (χ4v) is 2.16. The first-order valence-electron chi connectivity index (χ1n) is 7.05. The zero-order valence-electron chi connectivity index (χ0n) is 13.1. The summed E-state index contributed by atoms with van der Waals surface area (Å²) in [5, 5.41) is 12.0. The van der Waals surface area contributed by atoms with E-state index in [0.717, 1.165) is 5.56 Å². The molecular weight excluding hydrogens is 268 g/mol. The summed E-state index contributed by atoms with van der Waals surface area (Å²) in [6, 6.07) is 7.03. The zero-order valence-corrected chi connectivity index (χ0v) is 13.1. The SMILES string of the molecule is CCCC(C)(NC(=O)C(C)(C)c1ccc(N)cc1)C(=O)O. The van der Waals surface area contributed by atoms with E-state index in [4.69, 9.17) is 5.73 Å². The minimum atomic E-state index is -1.25. The van der Waals surface area contributed by atoms with Gasteiger partial charge in [-0.2, -0.15) is 0 Å². The number of hydrogen-bond acceptors (Lipinski definition) is 3. The van der Waals surface area contributed by atoms with Crippen LogP contribution in [-0.4, -0.2) is 22.5 Å². The summed E-state index contributed by atoms with van der Waals surface area (Å²) in [4.78, 5) is 24.0. The Morgan fingerprint density at radius 1 is 1.19 bits per heavy atom. The highest BCUT2D eigenvalue weighted by atomic mass is 16.4. The number of carboxylic acids is 1. The molecule has 0 spiro atoms. The van der Waals surface area contributed by atoms with Crippen molar-refractivity contribution in [2.75, 3.05) is 5.73 Å². The van der Waals surface area contributed by atoms with Crippen molar-refractivity contribution in [2.24, 2.45) is 0 Å². The Balaban J connectivity index is 3.00. The second-order valence-electron chi connectivity index (χ2n) is 6.09. The van der Waals surface area contributed by atoms with Gasteiger partial charge >= 0.3 is 5.97 Å². The second-order valence-corrected chi connectivity index (χ2v) is 6.09. The summed E-state index contributed by atoms with van der Waals surface area (Å²) in [7, 11) is 0. The molecule has 5 nitrogen and oxygen atoms in total. The van der Waals surface area contributed by atoms with E-state index in [2.05, 4.69) is 5.32 Å². The molecule has 1 amide bonds. The number of anilines is 1. The molecule has 0 radical (unpaired) electrons. The number of carboxylic acid groups (broad SMARTS) is 1. The maximum absolute atomic E-state index is 12.5. The van der Waals surface area contributed by atoms with Gasteiger partial charge in [0.15, 0.2) is 0 Å². The number of benzene rings is 1. The molecule has 116 valence electrons. The Morgan fingerprint density at radius 2 is 1.71 bits per heavy atom. The van der Waals surface area contributed by atoms with Gasteiger partial charge in [0, 0.05) is 5.69 Å². The van der Waals surface area contributed by atoms with Gasteiger partial charge in [0.1, 0.15) is 5.54 Å². The first-order chi connectivity index (χ1) is 9.63. The number of nitrogen functional groups attached to an aromatic ring is 1. The number of nitrogens with two attached hydrogens (primary N) is 1. The molecule has 0 heterocycles. The van der Waals surface area contributed by atoms with E-state index in [1.54, 1.807) is 38.1 Å². The number of carbonyl (C=O) groups excluding carboxylic acids is 1. The summed E-state index contributed by atoms with van der Waals surface area (Å²) in [5.41, 5.74) is 4.97. The van der Waals surface area contributed by atoms with Crippen molar-refractivity contribution in [3.8, 4) is 0 Å². The molecule has 1 atom stereocenters. The summed E-state index contributed by atoms with van der Waals surface area (Å²) in [5.74, 6) is -1.34. The molecule has 1 aromatic rings. The highest BCUT2D eigenvalue weighted by Crippen LogP contribution is 2.26. The van der Waals surface area contributed by atoms with Gasteiger partial charge in [-0.05, 0) is 44.9 Å². The molecule has 1 aromatic carbocycles. The number of aliphatic carboxylic acids is 1. The summed E-state index contributed by atoms with van der Waals surface area (Å²) >= 11 is 0. The topological polar surface area (TPSA) is 92.4 Å². The van der Waals surface area contributed by atoms with Gasteiger partial charge in [-0.3, -0.25) is 4.79 Å². The molecule has 0 aliphatic heterocycles. The molecule has 0 bridgehead atoms. The van der Waals surface area contributed by atoms with Gasteiger partial charge in [-0.1, -0.05) is 25.5 Å². The molecule has 0 saturated heterocycles. The van der Waals surface area contributed by atoms with Crippen LogP contribution in [0.4, 0.5) is 5.69 Å². The smallest absolute Gasteiger partial charge is 0.329 e. The Labute approximate surface area is 125 Å². The maximum atomic E-state index is 12.5. The van der Waals surface area contributed by atoms with Crippen LogP contribution in [0.15, 0.2) is 24.3 Å². The van der Waals surface area contributed by atoms with Crippen LogP contribution in [0.1, 0.15) is 46.1 Å². The van der Waals surface area contributed by atoms with Crippen molar-refractivity contribution in [3.05, 3.63) is 29.8 Å². The number of carbonyl (C=O) groups is 2. The molecular formula is C16H24N2O3. The minimum Gasteiger partial charge on any atom is -0.480 e. The van der Waals surface area contributed by atoms with Crippen molar-refractivity contribution >= 4 is 17.6 Å². The largest absolute Gasteiger partial charge is 0.480 e. The normalized spacial score (nSPS) is 14.3. The molecule has 4 N–H and O–H groups in total. The molecule has 21 heavy (non-hydrogen) atoms. The Hall–Kier alpha value is -2.04. The van der Waals surface area contributed by atoms with E-state index in [0.29, 0.717) is 18.5 Å². The molecule has 0 aromatic heterocycles. The fraction of sp³-hybridized carbons (Fsp3) is 0.500. The number of amides is 1. The number of nitrogens with one attached hydrogen (secondary N) is 1. The highest BCUT2D eigenvalue weighted by molar-refractivity contribution is 5.92. The Kier molecular flexibility index (Phi) is 4.99. The lowest BCUT2D eigenvalue weighted by molar-refractivity contribution is -0.148. The van der Waals surface area contributed by atoms with Crippen LogP contribution >= 0.6 is 0 Å². The van der Waals surface area contributed by atoms with Crippen LogP contribution in [0.2, 0.25) is 0 Å². The van der Waals surface area contributed by atoms with E-state index in [1.165, 1.54) is 6.92 Å². The fourth-order valence-electron chi connectivity index (χ4n) is 2.16. The number of hydrogen-bond donors (Lipinski definition) is 3. The second kappa shape index (κ2) is 6.16. The molecule has 0 aliphatic carbocycles. The standard InChI is InChI=1S/C16H24N2O3/c1-5-10-16(4,14(20)21)18-13(19)15(2,3)11-6-8-12(17)9-7-11/h6-9H,5,10,17H2,1-4H3,(H,18,19)(H,20,21). The van der Waals surface area contributed by atoms with Crippen molar-refractivity contribution in [1.82, 2.24) is 5.32 Å². The number of rotatable bonds is 6. The molecule has 1 unspecified atom stereocenters. The lowest BCUT2D eigenvalue weighted by Crippen LogP contribution is -2.56. The monoisotopic (exact) mass is 292 g/mol. The Bertz CT molecular complexity index is 523. The van der Waals surface area contributed by atoms with Gasteiger partial charge in [0.25, 0.3) is 0 Å². The van der Waals surface area contributed by atoms with E-state index in [9.17, 15) is 14.7 Å². The van der Waals surface area contributed by atoms with Gasteiger partial charge in [0.05, 0.1) is 5.41 Å². The van der Waals surface area contributed by atoms with Gasteiger partial charge in [-0.25, -0.2) is 4.79 Å². The average Bonchev–Trinajstić information content (AvgIpc) is 2.39. The van der Waals surface area contributed by atoms with Crippen molar-refractivity contribution in [1.29, 1.82) is 0 Å². The lowest BCUT2D eigenvalue weighted by atomic mass is 9.82. The third kappa shape index (κ3) is 3.74. The zero-order chi connectivity index (χ0) is 16.3. The van der Waals surface area contributed by atoms with E-state index < -0.39 is 16.9 Å². The van der Waals surface area contributed by atoms with Crippen LogP contribution < -0.4 is 11.1 Å². The highest BCUT2D eigenvalue weighted by Gasteiger charge is 2.39. The van der Waals surface area contributed by atoms with Crippen molar-refractivity contribution < 1.29 is 14.7 Å². The van der Waals surface area contributed by atoms with E-state index >= 15 is 0 Å². The van der Waals surface area contributed by atoms with Crippen LogP contribution in [0, 0.1) is 0 Å². The van der Waals surface area contributed by atoms with Crippen molar-refractivity contribution in [2.45, 2.75) is 51.5 Å². The molecule has 0 fully saturated rings.